The van der Waals surface area contributed by atoms with E-state index in [-0.39, 0.29) is 6.04 Å². The molecule has 1 rings (SSSR count). The van der Waals surface area contributed by atoms with Crippen molar-refractivity contribution in [3.8, 4) is 0 Å². The highest BCUT2D eigenvalue weighted by Crippen LogP contribution is 2.07. The molecule has 0 spiro atoms. The van der Waals surface area contributed by atoms with Gasteiger partial charge >= 0.3 is 0 Å². The summed E-state index contributed by atoms with van der Waals surface area (Å²) in [6, 6.07) is 0.158. The fourth-order valence-electron chi connectivity index (χ4n) is 1.59. The summed E-state index contributed by atoms with van der Waals surface area (Å²) in [5.41, 5.74) is 6.21. The van der Waals surface area contributed by atoms with Gasteiger partial charge in [0.1, 0.15) is 0 Å². The van der Waals surface area contributed by atoms with E-state index in [1.165, 1.54) is 0 Å². The molecule has 4 heteroatoms. The molecular formula is C11H20N2O2. The van der Waals surface area contributed by atoms with Gasteiger partial charge in [0.05, 0.1) is 26.4 Å². The van der Waals surface area contributed by atoms with Crippen LogP contribution in [0.5, 0.6) is 0 Å². The van der Waals surface area contributed by atoms with Crippen molar-refractivity contribution in [2.24, 2.45) is 0 Å². The van der Waals surface area contributed by atoms with E-state index in [4.69, 9.17) is 9.47 Å². The molecule has 1 aliphatic rings. The molecule has 0 aromatic heterocycles. The molecule has 0 saturated carbocycles. The van der Waals surface area contributed by atoms with Gasteiger partial charge in [0.25, 0.3) is 0 Å². The Morgan fingerprint density at radius 2 is 2.27 bits per heavy atom. The Hall–Kier alpha value is -0.800. The number of hydrogen-bond donors (Lipinski definition) is 1. The molecule has 0 aliphatic carbocycles. The van der Waals surface area contributed by atoms with Crippen LogP contribution in [0, 0.1) is 0 Å². The van der Waals surface area contributed by atoms with Crippen molar-refractivity contribution in [3.63, 3.8) is 0 Å². The molecule has 0 aromatic carbocycles. The third kappa shape index (κ3) is 3.68. The van der Waals surface area contributed by atoms with Crippen molar-refractivity contribution >= 4 is 0 Å². The molecule has 0 radical (unpaired) electrons. The molecule has 0 bridgehead atoms. The van der Waals surface area contributed by atoms with Crippen molar-refractivity contribution in [1.82, 2.24) is 10.4 Å². The molecule has 1 unspecified atom stereocenters. The summed E-state index contributed by atoms with van der Waals surface area (Å²) in [4.78, 5) is 0. The Morgan fingerprint density at radius 3 is 2.73 bits per heavy atom. The number of ether oxygens (including phenoxy) is 2. The van der Waals surface area contributed by atoms with Crippen LogP contribution >= 0.6 is 0 Å². The molecule has 4 nitrogen and oxygen atoms in total. The summed E-state index contributed by atoms with van der Waals surface area (Å²) < 4.78 is 10.5. The Labute approximate surface area is 91.5 Å². The average Bonchev–Trinajstić information content (AvgIpc) is 2.30. The lowest BCUT2D eigenvalue weighted by Crippen LogP contribution is -2.50. The average molecular weight is 212 g/mol. The van der Waals surface area contributed by atoms with Crippen LogP contribution in [0.25, 0.3) is 0 Å². The van der Waals surface area contributed by atoms with Crippen molar-refractivity contribution in [1.29, 1.82) is 0 Å². The Morgan fingerprint density at radius 1 is 1.60 bits per heavy atom. The third-order valence-corrected chi connectivity index (χ3v) is 2.47. The zero-order chi connectivity index (χ0) is 11.1. The van der Waals surface area contributed by atoms with Gasteiger partial charge in [-0.3, -0.25) is 0 Å². The normalized spacial score (nSPS) is 19.3. The zero-order valence-corrected chi connectivity index (χ0v) is 9.58. The van der Waals surface area contributed by atoms with E-state index in [0.29, 0.717) is 0 Å². The number of nitrogens with one attached hydrogen (secondary N) is 1. The van der Waals surface area contributed by atoms with Gasteiger partial charge in [-0.15, -0.1) is 0 Å². The van der Waals surface area contributed by atoms with Crippen molar-refractivity contribution in [3.05, 3.63) is 18.1 Å². The Kier molecular flexibility index (Phi) is 5.43. The van der Waals surface area contributed by atoms with Crippen molar-refractivity contribution in [2.75, 3.05) is 33.4 Å². The van der Waals surface area contributed by atoms with Crippen LogP contribution in [-0.2, 0) is 9.47 Å². The highest BCUT2D eigenvalue weighted by molar-refractivity contribution is 4.99. The van der Waals surface area contributed by atoms with Gasteiger partial charge in [0.15, 0.2) is 5.76 Å². The van der Waals surface area contributed by atoms with Gasteiger partial charge in [-0.2, -0.15) is 0 Å². The van der Waals surface area contributed by atoms with Crippen LogP contribution in [-0.4, -0.2) is 44.5 Å². The molecular weight excluding hydrogens is 192 g/mol. The van der Waals surface area contributed by atoms with E-state index in [2.05, 4.69) is 29.7 Å². The topological polar surface area (TPSA) is 33.7 Å². The van der Waals surface area contributed by atoms with Crippen molar-refractivity contribution in [2.45, 2.75) is 19.4 Å². The molecule has 0 amide bonds. The van der Waals surface area contributed by atoms with E-state index in [1.807, 2.05) is 0 Å². The second-order valence-electron chi connectivity index (χ2n) is 3.43. The fraction of sp³-hybridized carbons (Fsp3) is 0.727. The maximum Gasteiger partial charge on any atom is 0.155 e. The maximum absolute atomic E-state index is 5.28. The van der Waals surface area contributed by atoms with Crippen LogP contribution in [0.15, 0.2) is 18.1 Å². The first-order chi connectivity index (χ1) is 7.31. The molecule has 1 atom stereocenters. The third-order valence-electron chi connectivity index (χ3n) is 2.47. The predicted molar refractivity (Wildman–Crippen MR) is 59.3 cm³/mol. The van der Waals surface area contributed by atoms with Gasteiger partial charge < -0.3 is 9.47 Å². The van der Waals surface area contributed by atoms with E-state index in [9.17, 15) is 0 Å². The van der Waals surface area contributed by atoms with Gasteiger partial charge in [0, 0.05) is 13.1 Å². The summed E-state index contributed by atoms with van der Waals surface area (Å²) in [6.07, 6.45) is 0.947. The minimum absolute atomic E-state index is 0.158. The quantitative estimate of drug-likeness (QED) is 0.542. The van der Waals surface area contributed by atoms with Crippen LogP contribution < -0.4 is 5.43 Å². The summed E-state index contributed by atoms with van der Waals surface area (Å²) >= 11 is 0. The molecule has 86 valence electrons. The first-order valence-electron chi connectivity index (χ1n) is 5.34. The molecule has 1 aliphatic heterocycles. The van der Waals surface area contributed by atoms with Crippen LogP contribution in [0.2, 0.25) is 0 Å². The minimum atomic E-state index is 0.158. The lowest BCUT2D eigenvalue weighted by molar-refractivity contribution is 0.00211. The van der Waals surface area contributed by atoms with Gasteiger partial charge in [0.2, 0.25) is 0 Å². The maximum atomic E-state index is 5.28. The number of hydrogen-bond acceptors (Lipinski definition) is 4. The summed E-state index contributed by atoms with van der Waals surface area (Å²) in [5.74, 6) is 0.768. The number of hydrazine groups is 1. The standard InChI is InChI=1S/C11H20N2O2/c1-4-10(11(5-2)14-3)12-13-6-8-15-9-7-13/h10,12H,2,4,6-9H2,1,3H3. The lowest BCUT2D eigenvalue weighted by Gasteiger charge is -2.31. The van der Waals surface area contributed by atoms with Crippen molar-refractivity contribution < 1.29 is 9.47 Å². The minimum Gasteiger partial charge on any atom is -0.491 e. The van der Waals surface area contributed by atoms with Gasteiger partial charge in [-0.25, -0.2) is 10.4 Å². The molecule has 1 saturated heterocycles. The van der Waals surface area contributed by atoms with Gasteiger partial charge in [-0.05, 0) is 6.42 Å². The summed E-state index contributed by atoms with van der Waals surface area (Å²) in [5, 5.41) is 2.16. The number of rotatable bonds is 5. The van der Waals surface area contributed by atoms with Crippen LogP contribution in [0.3, 0.4) is 0 Å². The molecule has 1 fully saturated rings. The zero-order valence-electron chi connectivity index (χ0n) is 9.58. The van der Waals surface area contributed by atoms with E-state index in [1.54, 1.807) is 7.11 Å². The molecule has 1 N–H and O–H groups in total. The van der Waals surface area contributed by atoms with E-state index < -0.39 is 0 Å². The second-order valence-corrected chi connectivity index (χ2v) is 3.43. The fourth-order valence-corrected chi connectivity index (χ4v) is 1.59. The smallest absolute Gasteiger partial charge is 0.155 e. The lowest BCUT2D eigenvalue weighted by atomic mass is 10.2. The van der Waals surface area contributed by atoms with E-state index in [0.717, 1.165) is 38.5 Å². The molecule has 1 heterocycles. The van der Waals surface area contributed by atoms with E-state index >= 15 is 0 Å². The second kappa shape index (κ2) is 6.64. The molecule has 15 heavy (non-hydrogen) atoms. The SMILES string of the molecule is C=C=C(OC)C(CC)NN1CCOCC1. The first kappa shape index (κ1) is 12.3. The largest absolute Gasteiger partial charge is 0.491 e. The summed E-state index contributed by atoms with van der Waals surface area (Å²) in [7, 11) is 1.65. The number of nitrogens with zero attached hydrogens (tertiary/aromatic N) is 1. The summed E-state index contributed by atoms with van der Waals surface area (Å²) in [6.45, 7) is 9.11. The predicted octanol–water partition coefficient (Wildman–Crippen LogP) is 0.917. The van der Waals surface area contributed by atoms with Crippen LogP contribution in [0.4, 0.5) is 0 Å². The Balaban J connectivity index is 2.48. The number of methoxy groups -OCH3 is 1. The first-order valence-corrected chi connectivity index (χ1v) is 5.34. The van der Waals surface area contributed by atoms with Gasteiger partial charge in [-0.1, -0.05) is 19.2 Å². The molecule has 0 aromatic rings. The Bertz CT molecular complexity index is 231. The highest BCUT2D eigenvalue weighted by Gasteiger charge is 2.17. The number of morpholine rings is 1. The monoisotopic (exact) mass is 212 g/mol. The highest BCUT2D eigenvalue weighted by atomic mass is 16.5. The van der Waals surface area contributed by atoms with Crippen LogP contribution in [0.1, 0.15) is 13.3 Å².